The van der Waals surface area contributed by atoms with Crippen molar-refractivity contribution in [2.75, 3.05) is 0 Å². The number of pyridine rings is 1. The lowest BCUT2D eigenvalue weighted by Gasteiger charge is -2.31. The Balaban J connectivity index is 1.92. The number of carbonyl (C=O) groups excluding carboxylic acids is 2. The summed E-state index contributed by atoms with van der Waals surface area (Å²) in [5.74, 6) is -0.0423. The van der Waals surface area contributed by atoms with E-state index in [2.05, 4.69) is 15.6 Å². The second-order valence-corrected chi connectivity index (χ2v) is 6.42. The van der Waals surface area contributed by atoms with Crippen molar-refractivity contribution < 1.29 is 9.59 Å². The zero-order valence-corrected chi connectivity index (χ0v) is 13.4. The summed E-state index contributed by atoms with van der Waals surface area (Å²) in [6.07, 6.45) is 1.75. The Hall–Kier alpha value is -2.60. The van der Waals surface area contributed by atoms with Crippen molar-refractivity contribution in [1.82, 2.24) is 15.6 Å². The van der Waals surface area contributed by atoms with E-state index in [0.29, 0.717) is 46.6 Å². The van der Waals surface area contributed by atoms with E-state index in [-0.39, 0.29) is 11.3 Å². The fourth-order valence-corrected chi connectivity index (χ4v) is 3.53. The van der Waals surface area contributed by atoms with Crippen LogP contribution in [0.25, 0.3) is 10.9 Å². The fourth-order valence-electron chi connectivity index (χ4n) is 3.35. The third-order valence-electron chi connectivity index (χ3n) is 4.43. The zero-order chi connectivity index (χ0) is 16.8. The van der Waals surface area contributed by atoms with Crippen molar-refractivity contribution in [3.05, 3.63) is 56.5 Å². The van der Waals surface area contributed by atoms with E-state index in [4.69, 9.17) is 11.6 Å². The predicted octanol–water partition coefficient (Wildman–Crippen LogP) is 2.54. The molecule has 2 aliphatic rings. The maximum Gasteiger partial charge on any atom is 0.319 e. The number of fused-ring (bicyclic) bond motifs is 1. The van der Waals surface area contributed by atoms with Crippen LogP contribution in [0.4, 0.5) is 4.79 Å². The van der Waals surface area contributed by atoms with Crippen LogP contribution in [-0.2, 0) is 4.79 Å². The summed E-state index contributed by atoms with van der Waals surface area (Å²) in [5.41, 5.74) is 1.75. The van der Waals surface area contributed by atoms with Gasteiger partial charge in [0.1, 0.15) is 0 Å². The molecule has 6 nitrogen and oxygen atoms in total. The lowest BCUT2D eigenvalue weighted by Crippen LogP contribution is -2.47. The first-order chi connectivity index (χ1) is 11.5. The molecule has 24 heavy (non-hydrogen) atoms. The largest absolute Gasteiger partial charge is 0.327 e. The Bertz CT molecular complexity index is 977. The van der Waals surface area contributed by atoms with Gasteiger partial charge in [0.15, 0.2) is 5.78 Å². The molecule has 0 spiro atoms. The summed E-state index contributed by atoms with van der Waals surface area (Å²) in [4.78, 5) is 39.6. The van der Waals surface area contributed by atoms with Gasteiger partial charge in [-0.3, -0.25) is 9.59 Å². The number of Topliss-reactive ketones (excluding diaryl/α,β-unsaturated/α-hetero) is 1. The molecule has 2 aromatic rings. The van der Waals surface area contributed by atoms with Gasteiger partial charge in [-0.2, -0.15) is 0 Å². The number of carbonyl (C=O) groups is 2. The van der Waals surface area contributed by atoms with E-state index < -0.39 is 12.1 Å². The number of rotatable bonds is 1. The number of halogens is 1. The average Bonchev–Trinajstić information content (AvgIpc) is 2.54. The monoisotopic (exact) mass is 343 g/mol. The minimum Gasteiger partial charge on any atom is -0.327 e. The lowest BCUT2D eigenvalue weighted by atomic mass is 9.85. The highest BCUT2D eigenvalue weighted by Gasteiger charge is 2.35. The van der Waals surface area contributed by atoms with Crippen LogP contribution in [0, 0.1) is 0 Å². The minimum atomic E-state index is -0.742. The molecule has 1 aliphatic carbocycles. The van der Waals surface area contributed by atoms with Gasteiger partial charge in [0.25, 0.3) is 5.56 Å². The molecule has 7 heteroatoms. The molecular weight excluding hydrogens is 330 g/mol. The molecule has 1 unspecified atom stereocenters. The highest BCUT2D eigenvalue weighted by molar-refractivity contribution is 6.31. The Morgan fingerprint density at radius 1 is 1.08 bits per heavy atom. The number of aromatic amines is 1. The van der Waals surface area contributed by atoms with Crippen molar-refractivity contribution in [2.45, 2.75) is 25.3 Å². The molecular formula is C17H14ClN3O3. The zero-order valence-electron chi connectivity index (χ0n) is 12.6. The molecule has 3 N–H and O–H groups in total. The van der Waals surface area contributed by atoms with Crippen LogP contribution in [0.5, 0.6) is 0 Å². The summed E-state index contributed by atoms with van der Waals surface area (Å²) < 4.78 is 0. The molecule has 0 fully saturated rings. The number of H-pyrrole nitrogens is 1. The van der Waals surface area contributed by atoms with Gasteiger partial charge in [-0.05, 0) is 37.1 Å². The molecule has 0 saturated carbocycles. The Kier molecular flexibility index (Phi) is 3.42. The van der Waals surface area contributed by atoms with Crippen molar-refractivity contribution in [2.24, 2.45) is 0 Å². The summed E-state index contributed by atoms with van der Waals surface area (Å²) in [7, 11) is 0. The summed E-state index contributed by atoms with van der Waals surface area (Å²) in [5, 5.41) is 6.68. The number of ketones is 1. The molecule has 4 rings (SSSR count). The second kappa shape index (κ2) is 5.49. The van der Waals surface area contributed by atoms with Crippen LogP contribution in [0.3, 0.4) is 0 Å². The molecule has 2 heterocycles. The van der Waals surface area contributed by atoms with Gasteiger partial charge in [-0.1, -0.05) is 11.6 Å². The summed E-state index contributed by atoms with van der Waals surface area (Å²) in [6, 6.07) is 5.69. The summed E-state index contributed by atoms with van der Waals surface area (Å²) >= 11 is 6.02. The minimum absolute atomic E-state index is 0.0423. The van der Waals surface area contributed by atoms with E-state index in [1.54, 1.807) is 24.3 Å². The van der Waals surface area contributed by atoms with Gasteiger partial charge in [-0.15, -0.1) is 0 Å². The van der Waals surface area contributed by atoms with Crippen LogP contribution in [0.2, 0.25) is 5.02 Å². The lowest BCUT2D eigenvalue weighted by molar-refractivity contribution is -0.116. The van der Waals surface area contributed by atoms with Gasteiger partial charge in [0.2, 0.25) is 0 Å². The fraction of sp³-hybridized carbons (Fsp3) is 0.235. The Morgan fingerprint density at radius 2 is 1.92 bits per heavy atom. The van der Waals surface area contributed by atoms with E-state index in [1.807, 2.05) is 0 Å². The first kappa shape index (κ1) is 15.0. The molecule has 1 atom stereocenters. The summed E-state index contributed by atoms with van der Waals surface area (Å²) in [6.45, 7) is 0. The van der Waals surface area contributed by atoms with Crippen LogP contribution in [-0.4, -0.2) is 16.8 Å². The molecule has 2 amide bonds. The number of urea groups is 1. The van der Waals surface area contributed by atoms with Gasteiger partial charge >= 0.3 is 6.03 Å². The normalized spacial score (nSPS) is 20.6. The quantitative estimate of drug-likeness (QED) is 0.743. The van der Waals surface area contributed by atoms with Crippen LogP contribution in [0.15, 0.2) is 40.3 Å². The van der Waals surface area contributed by atoms with E-state index in [1.165, 1.54) is 0 Å². The maximum atomic E-state index is 12.5. The first-order valence-corrected chi connectivity index (χ1v) is 8.07. The number of hydrogen-bond donors (Lipinski definition) is 3. The van der Waals surface area contributed by atoms with Crippen LogP contribution >= 0.6 is 11.6 Å². The molecule has 0 radical (unpaired) electrons. The maximum absolute atomic E-state index is 12.5. The Morgan fingerprint density at radius 3 is 2.75 bits per heavy atom. The molecule has 1 aromatic carbocycles. The molecule has 1 aliphatic heterocycles. The van der Waals surface area contributed by atoms with E-state index in [9.17, 15) is 14.4 Å². The van der Waals surface area contributed by atoms with Gasteiger partial charge < -0.3 is 15.6 Å². The van der Waals surface area contributed by atoms with Crippen molar-refractivity contribution in [3.8, 4) is 0 Å². The third-order valence-corrected chi connectivity index (χ3v) is 4.67. The number of benzene rings is 1. The van der Waals surface area contributed by atoms with Crippen molar-refractivity contribution >= 4 is 34.3 Å². The predicted molar refractivity (Wildman–Crippen MR) is 89.9 cm³/mol. The standard InChI is InChI=1S/C17H14ClN3O3/c18-9-4-5-11-8(6-9)7-10(16(23)19-11)15-14-12(20-17(24)21-15)2-1-3-13(14)22/h4-7,15H,1-3H2,(H,19,23)(H2,20,21,24). The molecule has 1 aromatic heterocycles. The smallest absolute Gasteiger partial charge is 0.319 e. The van der Waals surface area contributed by atoms with E-state index >= 15 is 0 Å². The molecule has 122 valence electrons. The van der Waals surface area contributed by atoms with Crippen molar-refractivity contribution in [3.63, 3.8) is 0 Å². The van der Waals surface area contributed by atoms with Gasteiger partial charge in [0, 0.05) is 39.2 Å². The van der Waals surface area contributed by atoms with E-state index in [0.717, 1.165) is 5.39 Å². The first-order valence-electron chi connectivity index (χ1n) is 7.69. The second-order valence-electron chi connectivity index (χ2n) is 5.99. The average molecular weight is 344 g/mol. The van der Waals surface area contributed by atoms with Crippen LogP contribution in [0.1, 0.15) is 30.9 Å². The highest BCUT2D eigenvalue weighted by atomic mass is 35.5. The van der Waals surface area contributed by atoms with Gasteiger partial charge in [-0.25, -0.2) is 4.79 Å². The van der Waals surface area contributed by atoms with Crippen molar-refractivity contribution in [1.29, 1.82) is 0 Å². The molecule has 0 bridgehead atoms. The number of aromatic nitrogens is 1. The molecule has 0 saturated heterocycles. The number of nitrogens with one attached hydrogen (secondary N) is 3. The van der Waals surface area contributed by atoms with Gasteiger partial charge in [0.05, 0.1) is 6.04 Å². The van der Waals surface area contributed by atoms with Crippen LogP contribution < -0.4 is 16.2 Å². The number of hydrogen-bond acceptors (Lipinski definition) is 3. The number of amides is 2. The highest BCUT2D eigenvalue weighted by Crippen LogP contribution is 2.33. The topological polar surface area (TPSA) is 91.1 Å². The number of allylic oxidation sites excluding steroid dienone is 1. The third kappa shape index (κ3) is 2.39. The SMILES string of the molecule is O=C1NC2=C(C(=O)CCC2)C(c2cc3cc(Cl)ccc3[nH]c2=O)N1. The Labute approximate surface area is 141 Å².